The van der Waals surface area contributed by atoms with Crippen molar-refractivity contribution in [3.63, 3.8) is 0 Å². The molecule has 0 aliphatic heterocycles. The van der Waals surface area contributed by atoms with Crippen LogP contribution in [0.15, 0.2) is 23.4 Å². The Kier molecular flexibility index (Phi) is 6.09. The fourth-order valence-electron chi connectivity index (χ4n) is 1.09. The Morgan fingerprint density at radius 2 is 1.87 bits per heavy atom. The van der Waals surface area contributed by atoms with Gasteiger partial charge in [-0.1, -0.05) is 27.7 Å². The average Bonchev–Trinajstić information content (AvgIpc) is 2.68. The summed E-state index contributed by atoms with van der Waals surface area (Å²) in [4.78, 5) is 17.6. The van der Waals surface area contributed by atoms with Crippen molar-refractivity contribution in [1.29, 1.82) is 0 Å². The van der Waals surface area contributed by atoms with Gasteiger partial charge in [-0.05, 0) is 6.07 Å². The molecule has 2 aromatic heterocycles. The number of fused-ring (bicyclic) bond motifs is 1. The molecule has 0 aromatic carbocycles. The number of aromatic amines is 1. The Labute approximate surface area is 90.0 Å². The Morgan fingerprint density at radius 3 is 2.40 bits per heavy atom. The van der Waals surface area contributed by atoms with Gasteiger partial charge in [0.05, 0.1) is 11.7 Å². The minimum atomic E-state index is -0.0874. The van der Waals surface area contributed by atoms with Crippen molar-refractivity contribution in [2.45, 2.75) is 27.7 Å². The molecule has 0 aliphatic carbocycles. The monoisotopic (exact) mass is 209 g/mol. The number of hydrogen-bond acceptors (Lipinski definition) is 2. The highest BCUT2D eigenvalue weighted by atomic mass is 16.1. The van der Waals surface area contributed by atoms with Crippen molar-refractivity contribution in [3.05, 3.63) is 28.9 Å². The number of rotatable bonds is 0. The summed E-state index contributed by atoms with van der Waals surface area (Å²) in [5.74, 6) is 0. The molecule has 0 bridgehead atoms. The zero-order chi connectivity index (χ0) is 11.8. The van der Waals surface area contributed by atoms with Crippen LogP contribution in [0.5, 0.6) is 0 Å². The molecule has 4 nitrogen and oxygen atoms in total. The fraction of sp³-hybridized carbons (Fsp3) is 0.455. The van der Waals surface area contributed by atoms with E-state index in [2.05, 4.69) is 9.97 Å². The second-order valence-electron chi connectivity index (χ2n) is 2.40. The number of aryl methyl sites for hydroxylation is 1. The predicted molar refractivity (Wildman–Crippen MR) is 64.0 cm³/mol. The summed E-state index contributed by atoms with van der Waals surface area (Å²) in [6.07, 6.45) is 3.22. The van der Waals surface area contributed by atoms with Crippen LogP contribution >= 0.6 is 0 Å². The van der Waals surface area contributed by atoms with Gasteiger partial charge in [0.15, 0.2) is 0 Å². The normalized spacial score (nSPS) is 8.60. The quantitative estimate of drug-likeness (QED) is 0.724. The molecule has 1 N–H and O–H groups in total. The number of nitrogens with zero attached hydrogens (tertiary/aromatic N) is 2. The van der Waals surface area contributed by atoms with E-state index in [-0.39, 0.29) is 5.56 Å². The largest absolute Gasteiger partial charge is 0.335 e. The molecule has 0 atom stereocenters. The molecule has 15 heavy (non-hydrogen) atoms. The number of hydrogen-bond donors (Lipinski definition) is 1. The summed E-state index contributed by atoms with van der Waals surface area (Å²) in [6, 6.07) is 1.75. The zero-order valence-corrected chi connectivity index (χ0v) is 10.0. The lowest BCUT2D eigenvalue weighted by atomic mass is 10.4. The summed E-state index contributed by atoms with van der Waals surface area (Å²) in [7, 11) is 1.86. The lowest BCUT2D eigenvalue weighted by molar-refractivity contribution is 0.941. The SMILES string of the molecule is CC.CC.Cn1ccc2c(=O)[nH]cnc21. The predicted octanol–water partition coefficient (Wildman–Crippen LogP) is 2.31. The molecule has 2 rings (SSSR count). The lowest BCUT2D eigenvalue weighted by Crippen LogP contribution is -2.05. The Hall–Kier alpha value is -1.58. The summed E-state index contributed by atoms with van der Waals surface area (Å²) in [5.41, 5.74) is 0.629. The summed E-state index contributed by atoms with van der Waals surface area (Å²) in [5, 5.41) is 0.634. The smallest absolute Gasteiger partial charge is 0.260 e. The van der Waals surface area contributed by atoms with Gasteiger partial charge in [-0.3, -0.25) is 4.79 Å². The van der Waals surface area contributed by atoms with Gasteiger partial charge in [0.2, 0.25) is 0 Å². The molecular weight excluding hydrogens is 190 g/mol. The van der Waals surface area contributed by atoms with E-state index in [1.807, 2.05) is 45.5 Å². The van der Waals surface area contributed by atoms with E-state index in [0.717, 1.165) is 0 Å². The molecule has 4 heteroatoms. The Balaban J connectivity index is 0.000000442. The van der Waals surface area contributed by atoms with Crippen LogP contribution < -0.4 is 5.56 Å². The Morgan fingerprint density at radius 1 is 1.27 bits per heavy atom. The molecule has 0 fully saturated rings. The fourth-order valence-corrected chi connectivity index (χ4v) is 1.09. The maximum absolute atomic E-state index is 11.1. The molecular formula is C11H19N3O. The summed E-state index contributed by atoms with van der Waals surface area (Å²) in [6.45, 7) is 8.00. The van der Waals surface area contributed by atoms with Gasteiger partial charge >= 0.3 is 0 Å². The molecule has 2 heterocycles. The highest BCUT2D eigenvalue weighted by Crippen LogP contribution is 2.03. The van der Waals surface area contributed by atoms with Crippen molar-refractivity contribution in [2.24, 2.45) is 7.05 Å². The van der Waals surface area contributed by atoms with Crippen LogP contribution in [0.1, 0.15) is 27.7 Å². The maximum atomic E-state index is 11.1. The van der Waals surface area contributed by atoms with Crippen LogP contribution in [0.4, 0.5) is 0 Å². The molecule has 0 amide bonds. The second kappa shape index (κ2) is 6.81. The third-order valence-electron chi connectivity index (χ3n) is 1.67. The lowest BCUT2D eigenvalue weighted by Gasteiger charge is -1.91. The third kappa shape index (κ3) is 2.94. The topological polar surface area (TPSA) is 50.7 Å². The van der Waals surface area contributed by atoms with Gasteiger partial charge in [0.25, 0.3) is 5.56 Å². The summed E-state index contributed by atoms with van der Waals surface area (Å²) < 4.78 is 1.81. The Bertz CT molecular complexity index is 442. The van der Waals surface area contributed by atoms with Crippen molar-refractivity contribution in [2.75, 3.05) is 0 Å². The van der Waals surface area contributed by atoms with Crippen LogP contribution in [-0.4, -0.2) is 14.5 Å². The molecule has 0 saturated carbocycles. The second-order valence-corrected chi connectivity index (χ2v) is 2.40. The number of H-pyrrole nitrogens is 1. The van der Waals surface area contributed by atoms with E-state index in [1.54, 1.807) is 6.07 Å². The molecule has 0 saturated heterocycles. The highest BCUT2D eigenvalue weighted by molar-refractivity contribution is 5.74. The van der Waals surface area contributed by atoms with E-state index < -0.39 is 0 Å². The molecule has 2 aromatic rings. The van der Waals surface area contributed by atoms with Crippen LogP contribution in [-0.2, 0) is 7.05 Å². The van der Waals surface area contributed by atoms with Crippen molar-refractivity contribution >= 4 is 11.0 Å². The van der Waals surface area contributed by atoms with E-state index in [1.165, 1.54) is 6.33 Å². The molecule has 0 radical (unpaired) electrons. The molecule has 0 unspecified atom stereocenters. The van der Waals surface area contributed by atoms with Gasteiger partial charge in [0.1, 0.15) is 5.65 Å². The van der Waals surface area contributed by atoms with Crippen LogP contribution in [0.3, 0.4) is 0 Å². The first-order chi connectivity index (χ1) is 7.29. The van der Waals surface area contributed by atoms with Crippen LogP contribution in [0.2, 0.25) is 0 Å². The first-order valence-electron chi connectivity index (χ1n) is 5.28. The highest BCUT2D eigenvalue weighted by Gasteiger charge is 2.00. The first-order valence-corrected chi connectivity index (χ1v) is 5.28. The van der Waals surface area contributed by atoms with E-state index in [0.29, 0.717) is 11.0 Å². The molecule has 84 valence electrons. The minimum Gasteiger partial charge on any atom is -0.335 e. The van der Waals surface area contributed by atoms with Gasteiger partial charge in [-0.15, -0.1) is 0 Å². The van der Waals surface area contributed by atoms with Crippen molar-refractivity contribution in [1.82, 2.24) is 14.5 Å². The van der Waals surface area contributed by atoms with E-state index in [9.17, 15) is 4.79 Å². The van der Waals surface area contributed by atoms with Crippen molar-refractivity contribution in [3.8, 4) is 0 Å². The minimum absolute atomic E-state index is 0.0874. The van der Waals surface area contributed by atoms with Gasteiger partial charge < -0.3 is 9.55 Å². The van der Waals surface area contributed by atoms with Gasteiger partial charge in [0, 0.05) is 13.2 Å². The number of aromatic nitrogens is 3. The third-order valence-corrected chi connectivity index (χ3v) is 1.67. The average molecular weight is 209 g/mol. The number of nitrogens with one attached hydrogen (secondary N) is 1. The standard InChI is InChI=1S/C7H7N3O.2C2H6/c1-10-3-2-5-6(10)8-4-9-7(5)11;2*1-2/h2-4H,1H3,(H,8,9,11);2*1-2H3. The van der Waals surface area contributed by atoms with Crippen LogP contribution in [0.25, 0.3) is 11.0 Å². The van der Waals surface area contributed by atoms with E-state index >= 15 is 0 Å². The zero-order valence-electron chi connectivity index (χ0n) is 10.0. The first kappa shape index (κ1) is 13.4. The van der Waals surface area contributed by atoms with Crippen molar-refractivity contribution < 1.29 is 0 Å². The maximum Gasteiger partial charge on any atom is 0.260 e. The van der Waals surface area contributed by atoms with Crippen LogP contribution in [0, 0.1) is 0 Å². The summed E-state index contributed by atoms with van der Waals surface area (Å²) >= 11 is 0. The van der Waals surface area contributed by atoms with Gasteiger partial charge in [-0.2, -0.15) is 0 Å². The van der Waals surface area contributed by atoms with E-state index in [4.69, 9.17) is 0 Å². The van der Waals surface area contributed by atoms with Gasteiger partial charge in [-0.25, -0.2) is 4.98 Å². The molecule has 0 aliphatic rings. The molecule has 0 spiro atoms.